The van der Waals surface area contributed by atoms with Gasteiger partial charge < -0.3 is 9.50 Å². The zero-order valence-electron chi connectivity index (χ0n) is 10.2. The molecule has 0 saturated heterocycles. The van der Waals surface area contributed by atoms with Gasteiger partial charge in [-0.3, -0.25) is 9.78 Å². The first-order chi connectivity index (χ1) is 8.85. The van der Waals surface area contributed by atoms with E-state index in [9.17, 15) is 17.1 Å². The minimum absolute atomic E-state index is 0.116. The summed E-state index contributed by atoms with van der Waals surface area (Å²) in [6.45, 7) is 1.83. The minimum Gasteiger partial charge on any atom is -0.357 e. The number of halogens is 1. The number of pyridine rings is 1. The zero-order valence-corrected chi connectivity index (χ0v) is 11.0. The van der Waals surface area contributed by atoms with Crippen LogP contribution in [0.4, 0.5) is 9.57 Å². The number of anilines is 1. The number of nitrogens with zero attached hydrogens (tertiary/aromatic N) is 1. The topological polar surface area (TPSA) is 85.4 Å². The van der Waals surface area contributed by atoms with E-state index >= 15 is 0 Å². The van der Waals surface area contributed by atoms with Gasteiger partial charge in [0.2, 0.25) is 5.91 Å². The molecule has 0 aliphatic heterocycles. The van der Waals surface area contributed by atoms with Crippen molar-refractivity contribution in [3.05, 3.63) is 18.5 Å². The fraction of sp³-hybridized carbons (Fsp3) is 0.455. The van der Waals surface area contributed by atoms with E-state index in [1.165, 1.54) is 12.3 Å². The van der Waals surface area contributed by atoms with E-state index in [0.29, 0.717) is 5.92 Å². The first-order valence-corrected chi connectivity index (χ1v) is 7.06. The molecule has 1 saturated carbocycles. The summed E-state index contributed by atoms with van der Waals surface area (Å²) in [5.41, 5.74) is 0.263. The van der Waals surface area contributed by atoms with Crippen LogP contribution in [0.15, 0.2) is 18.5 Å². The van der Waals surface area contributed by atoms with Crippen LogP contribution >= 0.6 is 0 Å². The molecule has 19 heavy (non-hydrogen) atoms. The van der Waals surface area contributed by atoms with Crippen molar-refractivity contribution in [1.29, 1.82) is 0 Å². The van der Waals surface area contributed by atoms with Crippen LogP contribution in [0.5, 0.6) is 5.75 Å². The lowest BCUT2D eigenvalue weighted by Gasteiger charge is -2.11. The summed E-state index contributed by atoms with van der Waals surface area (Å²) in [4.78, 5) is 15.5. The summed E-state index contributed by atoms with van der Waals surface area (Å²) in [6, 6.07) is 1.20. The molecule has 1 fully saturated rings. The molecule has 0 bridgehead atoms. The van der Waals surface area contributed by atoms with Crippen LogP contribution in [-0.4, -0.2) is 19.3 Å². The molecule has 1 unspecified atom stereocenters. The average molecular weight is 288 g/mol. The molecule has 0 aromatic carbocycles. The van der Waals surface area contributed by atoms with E-state index < -0.39 is 10.5 Å². The van der Waals surface area contributed by atoms with Gasteiger partial charge >= 0.3 is 10.5 Å². The fourth-order valence-electron chi connectivity index (χ4n) is 1.71. The van der Waals surface area contributed by atoms with E-state index in [4.69, 9.17) is 0 Å². The number of nitrogens with one attached hydrogen (secondary N) is 1. The summed E-state index contributed by atoms with van der Waals surface area (Å²) in [7, 11) is -5.09. The monoisotopic (exact) mass is 288 g/mol. The van der Waals surface area contributed by atoms with Crippen molar-refractivity contribution >= 4 is 22.1 Å². The Bertz CT molecular complexity index is 586. The Balaban J connectivity index is 2.04. The van der Waals surface area contributed by atoms with Gasteiger partial charge in [-0.25, -0.2) is 0 Å². The summed E-state index contributed by atoms with van der Waals surface area (Å²) in [5, 5.41) is 2.59. The van der Waals surface area contributed by atoms with Crippen LogP contribution in [0.2, 0.25) is 0 Å². The average Bonchev–Trinajstić information content (AvgIpc) is 3.09. The third-order valence-electron chi connectivity index (χ3n) is 2.92. The Morgan fingerprint density at radius 3 is 2.79 bits per heavy atom. The van der Waals surface area contributed by atoms with Gasteiger partial charge in [0.05, 0.1) is 18.1 Å². The molecule has 0 spiro atoms. The summed E-state index contributed by atoms with van der Waals surface area (Å²) < 4.78 is 37.1. The molecule has 1 aliphatic rings. The number of aromatic nitrogens is 1. The van der Waals surface area contributed by atoms with Gasteiger partial charge in [-0.1, -0.05) is 10.8 Å². The second-order valence-corrected chi connectivity index (χ2v) is 5.45. The SMILES string of the molecule is CC(C(=O)Nc1cncc(OS(=O)(=O)F)c1)C1CC1. The van der Waals surface area contributed by atoms with Gasteiger partial charge in [-0.15, -0.1) is 0 Å². The van der Waals surface area contributed by atoms with Crippen molar-refractivity contribution in [2.24, 2.45) is 11.8 Å². The molecule has 6 nitrogen and oxygen atoms in total. The van der Waals surface area contributed by atoms with Crippen molar-refractivity contribution < 1.29 is 21.3 Å². The molecule has 8 heteroatoms. The van der Waals surface area contributed by atoms with Crippen LogP contribution in [-0.2, 0) is 15.3 Å². The van der Waals surface area contributed by atoms with Crippen molar-refractivity contribution in [2.45, 2.75) is 19.8 Å². The highest BCUT2D eigenvalue weighted by Crippen LogP contribution is 2.37. The number of carbonyl (C=O) groups excluding carboxylic acids is 1. The minimum atomic E-state index is -5.09. The quantitative estimate of drug-likeness (QED) is 0.833. The van der Waals surface area contributed by atoms with Crippen LogP contribution in [0.1, 0.15) is 19.8 Å². The fourth-order valence-corrected chi connectivity index (χ4v) is 2.04. The Morgan fingerprint density at radius 2 is 2.21 bits per heavy atom. The van der Waals surface area contributed by atoms with Crippen LogP contribution in [0.25, 0.3) is 0 Å². The Labute approximate surface area is 110 Å². The first kappa shape index (κ1) is 13.7. The molecule has 2 rings (SSSR count). The van der Waals surface area contributed by atoms with Crippen LogP contribution < -0.4 is 9.50 Å². The molecule has 1 atom stereocenters. The van der Waals surface area contributed by atoms with Gasteiger partial charge in [0.1, 0.15) is 0 Å². The highest BCUT2D eigenvalue weighted by molar-refractivity contribution is 7.81. The third kappa shape index (κ3) is 4.16. The van der Waals surface area contributed by atoms with E-state index in [-0.39, 0.29) is 23.3 Å². The Kier molecular flexibility index (Phi) is 3.70. The standard InChI is InChI=1S/C11H13FN2O4S/c1-7(8-2-3-8)11(15)14-9-4-10(6-13-5-9)18-19(12,16)17/h4-8H,2-3H2,1H3,(H,14,15). The lowest BCUT2D eigenvalue weighted by Crippen LogP contribution is -2.21. The van der Waals surface area contributed by atoms with Gasteiger partial charge in [0.15, 0.2) is 5.75 Å². The van der Waals surface area contributed by atoms with E-state index in [1.54, 1.807) is 0 Å². The first-order valence-electron chi connectivity index (χ1n) is 5.75. The van der Waals surface area contributed by atoms with E-state index in [0.717, 1.165) is 19.0 Å². The van der Waals surface area contributed by atoms with Crippen LogP contribution in [0.3, 0.4) is 0 Å². The molecular formula is C11H13FN2O4S. The number of hydrogen-bond acceptors (Lipinski definition) is 5. The lowest BCUT2D eigenvalue weighted by atomic mass is 10.1. The van der Waals surface area contributed by atoms with Gasteiger partial charge in [-0.05, 0) is 18.8 Å². The molecular weight excluding hydrogens is 275 g/mol. The highest BCUT2D eigenvalue weighted by Gasteiger charge is 2.32. The normalized spacial score (nSPS) is 16.7. The van der Waals surface area contributed by atoms with E-state index in [2.05, 4.69) is 14.5 Å². The second-order valence-electron chi connectivity index (χ2n) is 4.50. The highest BCUT2D eigenvalue weighted by atomic mass is 32.3. The van der Waals surface area contributed by atoms with Crippen molar-refractivity contribution in [3.8, 4) is 5.75 Å². The van der Waals surface area contributed by atoms with Gasteiger partial charge in [0, 0.05) is 12.0 Å². The number of hydrogen-bond donors (Lipinski definition) is 1. The largest absolute Gasteiger partial charge is 0.488 e. The lowest BCUT2D eigenvalue weighted by molar-refractivity contribution is -0.119. The van der Waals surface area contributed by atoms with Gasteiger partial charge in [-0.2, -0.15) is 8.42 Å². The second kappa shape index (κ2) is 5.12. The van der Waals surface area contributed by atoms with E-state index in [1.807, 2.05) is 6.92 Å². The maximum atomic E-state index is 12.3. The van der Waals surface area contributed by atoms with Crippen molar-refractivity contribution in [2.75, 3.05) is 5.32 Å². The maximum Gasteiger partial charge on any atom is 0.488 e. The van der Waals surface area contributed by atoms with Crippen molar-refractivity contribution in [3.63, 3.8) is 0 Å². The van der Waals surface area contributed by atoms with Crippen LogP contribution in [0, 0.1) is 11.8 Å². The third-order valence-corrected chi connectivity index (χ3v) is 3.31. The summed E-state index contributed by atoms with van der Waals surface area (Å²) in [5.74, 6) is -0.183. The zero-order chi connectivity index (χ0) is 14.0. The summed E-state index contributed by atoms with van der Waals surface area (Å²) in [6.07, 6.45) is 4.44. The molecule has 104 valence electrons. The predicted molar refractivity (Wildman–Crippen MR) is 65.4 cm³/mol. The maximum absolute atomic E-state index is 12.3. The number of amides is 1. The predicted octanol–water partition coefficient (Wildman–Crippen LogP) is 1.66. The smallest absolute Gasteiger partial charge is 0.357 e. The molecule has 1 aromatic rings. The number of carbonyl (C=O) groups is 1. The molecule has 1 N–H and O–H groups in total. The molecule has 1 aliphatic carbocycles. The molecule has 0 radical (unpaired) electrons. The van der Waals surface area contributed by atoms with Crippen molar-refractivity contribution in [1.82, 2.24) is 4.98 Å². The van der Waals surface area contributed by atoms with Gasteiger partial charge in [0.25, 0.3) is 0 Å². The summed E-state index contributed by atoms with van der Waals surface area (Å²) >= 11 is 0. The molecule has 1 amide bonds. The number of rotatable bonds is 5. The Morgan fingerprint density at radius 1 is 1.53 bits per heavy atom. The molecule has 1 aromatic heterocycles. The molecule has 1 heterocycles. The Hall–Kier alpha value is -1.70.